The lowest BCUT2D eigenvalue weighted by molar-refractivity contribution is 0.0706. The third-order valence-corrected chi connectivity index (χ3v) is 4.14. The van der Waals surface area contributed by atoms with E-state index in [1.807, 2.05) is 24.3 Å². The van der Waals surface area contributed by atoms with Crippen LogP contribution in [-0.4, -0.2) is 22.1 Å². The predicted octanol–water partition coefficient (Wildman–Crippen LogP) is 1.85. The largest absolute Gasteiger partial charge is 0.310 e. The zero-order chi connectivity index (χ0) is 15.4. The summed E-state index contributed by atoms with van der Waals surface area (Å²) in [5.74, 6) is -0.463. The Labute approximate surface area is 129 Å². The summed E-state index contributed by atoms with van der Waals surface area (Å²) in [6.07, 6.45) is 6.58. The third-order valence-electron chi connectivity index (χ3n) is 4.14. The Kier molecular flexibility index (Phi) is 4.46. The van der Waals surface area contributed by atoms with Crippen LogP contribution in [0.3, 0.4) is 0 Å². The fourth-order valence-electron chi connectivity index (χ4n) is 2.90. The van der Waals surface area contributed by atoms with Gasteiger partial charge in [-0.1, -0.05) is 6.07 Å². The second-order valence-electron chi connectivity index (χ2n) is 5.60. The molecule has 3 rings (SSSR count). The van der Waals surface area contributed by atoms with Gasteiger partial charge in [-0.05, 0) is 60.2 Å². The van der Waals surface area contributed by atoms with Crippen LogP contribution in [0.2, 0.25) is 0 Å². The minimum absolute atomic E-state index is 0.396. The van der Waals surface area contributed by atoms with E-state index in [9.17, 15) is 4.79 Å². The Hall–Kier alpha value is -2.24. The van der Waals surface area contributed by atoms with E-state index in [2.05, 4.69) is 10.3 Å². The molecule has 114 valence electrons. The van der Waals surface area contributed by atoms with Crippen LogP contribution in [0.15, 0.2) is 42.7 Å². The van der Waals surface area contributed by atoms with Crippen molar-refractivity contribution in [3.05, 3.63) is 65.0 Å². The van der Waals surface area contributed by atoms with Crippen molar-refractivity contribution in [2.24, 2.45) is 0 Å². The van der Waals surface area contributed by atoms with Gasteiger partial charge in [0.15, 0.2) is 0 Å². The van der Waals surface area contributed by atoms with E-state index in [1.165, 1.54) is 16.7 Å². The summed E-state index contributed by atoms with van der Waals surface area (Å²) in [5, 5.41) is 12.3. The van der Waals surface area contributed by atoms with Crippen molar-refractivity contribution in [1.82, 2.24) is 15.8 Å². The van der Waals surface area contributed by atoms with Crippen molar-refractivity contribution >= 4 is 5.91 Å². The third kappa shape index (κ3) is 3.32. The van der Waals surface area contributed by atoms with Crippen molar-refractivity contribution in [1.29, 1.82) is 0 Å². The van der Waals surface area contributed by atoms with Crippen molar-refractivity contribution in [3.63, 3.8) is 0 Å². The quantitative estimate of drug-likeness (QED) is 0.595. The second kappa shape index (κ2) is 6.68. The second-order valence-corrected chi connectivity index (χ2v) is 5.60. The van der Waals surface area contributed by atoms with Gasteiger partial charge in [-0.2, -0.15) is 0 Å². The number of hydrogen-bond acceptors (Lipinski definition) is 4. The normalized spacial score (nSPS) is 16.9. The highest BCUT2D eigenvalue weighted by molar-refractivity contribution is 5.93. The number of benzene rings is 1. The Morgan fingerprint density at radius 2 is 2.05 bits per heavy atom. The number of carbonyl (C=O) groups is 1. The zero-order valence-corrected chi connectivity index (χ0v) is 12.2. The molecule has 0 saturated carbocycles. The molecule has 1 amide bonds. The van der Waals surface area contributed by atoms with E-state index in [-0.39, 0.29) is 0 Å². The molecule has 0 saturated heterocycles. The number of hydrogen-bond donors (Lipinski definition) is 3. The molecule has 1 aliphatic carbocycles. The summed E-state index contributed by atoms with van der Waals surface area (Å²) in [4.78, 5) is 15.5. The van der Waals surface area contributed by atoms with E-state index < -0.39 is 5.91 Å². The van der Waals surface area contributed by atoms with E-state index >= 15 is 0 Å². The van der Waals surface area contributed by atoms with Crippen LogP contribution >= 0.6 is 0 Å². The summed E-state index contributed by atoms with van der Waals surface area (Å²) in [7, 11) is 0. The highest BCUT2D eigenvalue weighted by Crippen LogP contribution is 2.23. The molecule has 0 fully saturated rings. The Bertz CT molecular complexity index is 658. The molecule has 0 aliphatic heterocycles. The van der Waals surface area contributed by atoms with Crippen molar-refractivity contribution < 1.29 is 10.0 Å². The maximum absolute atomic E-state index is 11.5. The summed E-state index contributed by atoms with van der Waals surface area (Å²) in [6.45, 7) is 0.819. The first-order valence-corrected chi connectivity index (χ1v) is 7.45. The number of nitrogens with one attached hydrogen (secondary N) is 2. The highest BCUT2D eigenvalue weighted by Gasteiger charge is 2.19. The number of rotatable bonds is 4. The fourth-order valence-corrected chi connectivity index (χ4v) is 2.90. The molecule has 3 N–H and O–H groups in total. The maximum Gasteiger partial charge on any atom is 0.274 e. The standard InChI is InChI=1S/C17H19N3O2/c21-17(20-22)14-2-1-13-3-4-16(10-15(13)9-14)19-11-12-5-7-18-8-6-12/h1-2,5-9,16,19,22H,3-4,10-11H2,(H,20,21). The fraction of sp³-hybridized carbons (Fsp3) is 0.294. The molecule has 0 bridgehead atoms. The molecule has 0 spiro atoms. The van der Waals surface area contributed by atoms with Gasteiger partial charge >= 0.3 is 0 Å². The molecule has 0 radical (unpaired) electrons. The zero-order valence-electron chi connectivity index (χ0n) is 12.2. The molecular formula is C17H19N3O2. The van der Waals surface area contributed by atoms with Gasteiger partial charge in [0.25, 0.3) is 5.91 Å². The van der Waals surface area contributed by atoms with Gasteiger partial charge in [-0.25, -0.2) is 5.48 Å². The molecule has 1 aliphatic rings. The number of pyridine rings is 1. The summed E-state index contributed by atoms with van der Waals surface area (Å²) in [5.41, 5.74) is 5.87. The summed E-state index contributed by atoms with van der Waals surface area (Å²) < 4.78 is 0. The number of fused-ring (bicyclic) bond motifs is 1. The molecule has 5 nitrogen and oxygen atoms in total. The lowest BCUT2D eigenvalue weighted by atomic mass is 9.87. The molecule has 22 heavy (non-hydrogen) atoms. The lowest BCUT2D eigenvalue weighted by Gasteiger charge is -2.26. The molecule has 5 heteroatoms. The summed E-state index contributed by atoms with van der Waals surface area (Å²) in [6, 6.07) is 10.0. The first-order chi connectivity index (χ1) is 10.8. The highest BCUT2D eigenvalue weighted by atomic mass is 16.5. The van der Waals surface area contributed by atoms with E-state index in [4.69, 9.17) is 5.21 Å². The number of amides is 1. The average molecular weight is 297 g/mol. The summed E-state index contributed by atoms with van der Waals surface area (Å²) >= 11 is 0. The van der Waals surface area contributed by atoms with Gasteiger partial charge in [-0.3, -0.25) is 15.0 Å². The first-order valence-electron chi connectivity index (χ1n) is 7.45. The minimum atomic E-state index is -0.463. The predicted molar refractivity (Wildman–Crippen MR) is 82.6 cm³/mol. The van der Waals surface area contributed by atoms with Gasteiger partial charge in [0.2, 0.25) is 0 Å². The van der Waals surface area contributed by atoms with E-state index in [0.717, 1.165) is 25.8 Å². The van der Waals surface area contributed by atoms with Gasteiger partial charge in [-0.15, -0.1) is 0 Å². The molecule has 1 aromatic carbocycles. The van der Waals surface area contributed by atoms with Crippen LogP contribution in [0.1, 0.15) is 33.5 Å². The molecule has 1 atom stereocenters. The number of aromatic nitrogens is 1. The van der Waals surface area contributed by atoms with Crippen LogP contribution in [0.25, 0.3) is 0 Å². The van der Waals surface area contributed by atoms with Crippen LogP contribution in [0.4, 0.5) is 0 Å². The minimum Gasteiger partial charge on any atom is -0.310 e. The van der Waals surface area contributed by atoms with Crippen molar-refractivity contribution in [2.75, 3.05) is 0 Å². The van der Waals surface area contributed by atoms with E-state index in [1.54, 1.807) is 23.9 Å². The van der Waals surface area contributed by atoms with Crippen LogP contribution in [-0.2, 0) is 19.4 Å². The van der Waals surface area contributed by atoms with Crippen LogP contribution in [0.5, 0.6) is 0 Å². The number of carbonyl (C=O) groups excluding carboxylic acids is 1. The van der Waals surface area contributed by atoms with Gasteiger partial charge in [0.05, 0.1) is 0 Å². The van der Waals surface area contributed by atoms with Crippen LogP contribution in [0, 0.1) is 0 Å². The monoisotopic (exact) mass is 297 g/mol. The van der Waals surface area contributed by atoms with Gasteiger partial charge in [0, 0.05) is 30.5 Å². The number of hydroxylamine groups is 1. The smallest absolute Gasteiger partial charge is 0.274 e. The molecule has 2 aromatic rings. The average Bonchev–Trinajstić information content (AvgIpc) is 2.59. The molecule has 1 heterocycles. The van der Waals surface area contributed by atoms with Gasteiger partial charge in [0.1, 0.15) is 0 Å². The SMILES string of the molecule is O=C(NO)c1ccc2c(c1)CC(NCc1ccncc1)CC2. The Morgan fingerprint density at radius 3 is 2.82 bits per heavy atom. The van der Waals surface area contributed by atoms with E-state index in [0.29, 0.717) is 11.6 Å². The van der Waals surface area contributed by atoms with Gasteiger partial charge < -0.3 is 5.32 Å². The molecule has 1 aromatic heterocycles. The Morgan fingerprint density at radius 1 is 1.23 bits per heavy atom. The number of aryl methyl sites for hydroxylation is 1. The maximum atomic E-state index is 11.5. The molecule has 1 unspecified atom stereocenters. The van der Waals surface area contributed by atoms with Crippen molar-refractivity contribution in [3.8, 4) is 0 Å². The van der Waals surface area contributed by atoms with Crippen LogP contribution < -0.4 is 10.8 Å². The topological polar surface area (TPSA) is 74.2 Å². The lowest BCUT2D eigenvalue weighted by Crippen LogP contribution is -2.34. The Balaban J connectivity index is 1.66. The molecular weight excluding hydrogens is 278 g/mol. The number of nitrogens with zero attached hydrogens (tertiary/aromatic N) is 1. The first kappa shape index (κ1) is 14.7. The van der Waals surface area contributed by atoms with Crippen molar-refractivity contribution in [2.45, 2.75) is 31.8 Å².